The van der Waals surface area contributed by atoms with Gasteiger partial charge in [0.15, 0.2) is 0 Å². The topological polar surface area (TPSA) is 66.5 Å². The van der Waals surface area contributed by atoms with Gasteiger partial charge in [0, 0.05) is 24.0 Å². The van der Waals surface area contributed by atoms with Crippen molar-refractivity contribution in [2.75, 3.05) is 18.4 Å². The average molecular weight is 441 g/mol. The quantitative estimate of drug-likeness (QED) is 0.751. The molecule has 1 N–H and O–H groups in total. The Morgan fingerprint density at radius 3 is 2.32 bits per heavy atom. The second kappa shape index (κ2) is 8.41. The average Bonchev–Trinajstić information content (AvgIpc) is 2.66. The van der Waals surface area contributed by atoms with Gasteiger partial charge in [-0.1, -0.05) is 29.3 Å². The van der Waals surface area contributed by atoms with Crippen molar-refractivity contribution in [1.29, 1.82) is 0 Å². The Labute approximate surface area is 175 Å². The lowest BCUT2D eigenvalue weighted by atomic mass is 9.97. The Balaban J connectivity index is 1.64. The molecular formula is C20H22Cl2N2O3S. The molecule has 1 aliphatic heterocycles. The molecule has 2 aromatic rings. The van der Waals surface area contributed by atoms with Crippen molar-refractivity contribution in [2.24, 2.45) is 5.92 Å². The van der Waals surface area contributed by atoms with Crippen LogP contribution >= 0.6 is 23.2 Å². The number of aryl methyl sites for hydroxylation is 2. The number of nitrogens with one attached hydrogen (secondary N) is 1. The first-order valence-electron chi connectivity index (χ1n) is 9.02. The number of benzene rings is 2. The molecule has 1 aliphatic rings. The van der Waals surface area contributed by atoms with Gasteiger partial charge in [-0.05, 0) is 68.1 Å². The molecule has 0 saturated carbocycles. The zero-order valence-corrected chi connectivity index (χ0v) is 18.0. The first kappa shape index (κ1) is 21.1. The highest BCUT2D eigenvalue weighted by Crippen LogP contribution is 2.29. The van der Waals surface area contributed by atoms with Crippen molar-refractivity contribution in [3.05, 3.63) is 57.6 Å². The SMILES string of the molecule is Cc1ccc(S(=O)(=O)N2CCC(C(=O)Nc3ccc(Cl)cc3Cl)CC2)cc1C. The van der Waals surface area contributed by atoms with E-state index in [9.17, 15) is 13.2 Å². The molecular weight excluding hydrogens is 419 g/mol. The second-order valence-corrected chi connectivity index (χ2v) is 9.82. The van der Waals surface area contributed by atoms with Crippen LogP contribution in [0, 0.1) is 19.8 Å². The number of piperidine rings is 1. The normalized spacial score (nSPS) is 16.1. The van der Waals surface area contributed by atoms with Crippen LogP contribution in [0.1, 0.15) is 24.0 Å². The fourth-order valence-corrected chi connectivity index (χ4v) is 5.22. The summed E-state index contributed by atoms with van der Waals surface area (Å²) < 4.78 is 27.2. The maximum Gasteiger partial charge on any atom is 0.243 e. The second-order valence-electron chi connectivity index (χ2n) is 7.04. The van der Waals surface area contributed by atoms with Crippen LogP contribution in [-0.4, -0.2) is 31.7 Å². The van der Waals surface area contributed by atoms with E-state index in [1.54, 1.807) is 30.3 Å². The Hall–Kier alpha value is -1.60. The molecule has 1 heterocycles. The molecule has 2 aromatic carbocycles. The third-order valence-corrected chi connectivity index (χ3v) is 7.57. The largest absolute Gasteiger partial charge is 0.325 e. The summed E-state index contributed by atoms with van der Waals surface area (Å²) >= 11 is 12.0. The number of carbonyl (C=O) groups excluding carboxylic acids is 1. The molecule has 0 aliphatic carbocycles. The van der Waals surface area contributed by atoms with Gasteiger partial charge in [-0.3, -0.25) is 4.79 Å². The number of anilines is 1. The predicted octanol–water partition coefficient (Wildman–Crippen LogP) is 4.65. The van der Waals surface area contributed by atoms with Crippen molar-refractivity contribution in [2.45, 2.75) is 31.6 Å². The molecule has 1 saturated heterocycles. The first-order chi connectivity index (χ1) is 13.2. The first-order valence-corrected chi connectivity index (χ1v) is 11.2. The highest BCUT2D eigenvalue weighted by molar-refractivity contribution is 7.89. The van der Waals surface area contributed by atoms with Gasteiger partial charge in [-0.25, -0.2) is 8.42 Å². The van der Waals surface area contributed by atoms with E-state index >= 15 is 0 Å². The highest BCUT2D eigenvalue weighted by Gasteiger charge is 2.32. The van der Waals surface area contributed by atoms with Gasteiger partial charge in [0.25, 0.3) is 0 Å². The Morgan fingerprint density at radius 1 is 1.04 bits per heavy atom. The highest BCUT2D eigenvalue weighted by atomic mass is 35.5. The van der Waals surface area contributed by atoms with Crippen molar-refractivity contribution in [3.8, 4) is 0 Å². The van der Waals surface area contributed by atoms with E-state index in [0.717, 1.165) is 11.1 Å². The van der Waals surface area contributed by atoms with E-state index < -0.39 is 10.0 Å². The lowest BCUT2D eigenvalue weighted by molar-refractivity contribution is -0.120. The third kappa shape index (κ3) is 4.51. The molecule has 0 atom stereocenters. The van der Waals surface area contributed by atoms with Gasteiger partial charge >= 0.3 is 0 Å². The van der Waals surface area contributed by atoms with E-state index in [-0.39, 0.29) is 11.8 Å². The number of halogens is 2. The van der Waals surface area contributed by atoms with Crippen molar-refractivity contribution in [3.63, 3.8) is 0 Å². The number of nitrogens with zero attached hydrogens (tertiary/aromatic N) is 1. The summed E-state index contributed by atoms with van der Waals surface area (Å²) in [4.78, 5) is 12.8. The lowest BCUT2D eigenvalue weighted by Crippen LogP contribution is -2.41. The molecule has 8 heteroatoms. The van der Waals surface area contributed by atoms with Crippen LogP contribution in [-0.2, 0) is 14.8 Å². The summed E-state index contributed by atoms with van der Waals surface area (Å²) in [6.07, 6.45) is 0.919. The Kier molecular flexibility index (Phi) is 6.34. The van der Waals surface area contributed by atoms with E-state index in [1.807, 2.05) is 19.9 Å². The smallest absolute Gasteiger partial charge is 0.243 e. The molecule has 0 unspecified atom stereocenters. The summed E-state index contributed by atoms with van der Waals surface area (Å²) in [6, 6.07) is 10.0. The minimum atomic E-state index is -3.55. The maximum absolute atomic E-state index is 12.9. The number of amides is 1. The molecule has 150 valence electrons. The molecule has 5 nitrogen and oxygen atoms in total. The summed E-state index contributed by atoms with van der Waals surface area (Å²) in [5.41, 5.74) is 2.49. The van der Waals surface area contributed by atoms with Crippen LogP contribution in [0.3, 0.4) is 0 Å². The summed E-state index contributed by atoms with van der Waals surface area (Å²) in [6.45, 7) is 4.46. The van der Waals surface area contributed by atoms with Gasteiger partial charge in [-0.15, -0.1) is 0 Å². The van der Waals surface area contributed by atoms with Gasteiger partial charge < -0.3 is 5.32 Å². The van der Waals surface area contributed by atoms with Gasteiger partial charge in [0.2, 0.25) is 15.9 Å². The van der Waals surface area contributed by atoms with E-state index in [4.69, 9.17) is 23.2 Å². The third-order valence-electron chi connectivity index (χ3n) is 5.13. The minimum Gasteiger partial charge on any atom is -0.325 e. The van der Waals surface area contributed by atoms with E-state index in [0.29, 0.717) is 46.6 Å². The van der Waals surface area contributed by atoms with E-state index in [2.05, 4.69) is 5.32 Å². The molecule has 0 aromatic heterocycles. The molecule has 3 rings (SSSR count). The number of rotatable bonds is 4. The number of carbonyl (C=O) groups is 1. The number of sulfonamides is 1. The van der Waals surface area contributed by atoms with Crippen molar-refractivity contribution in [1.82, 2.24) is 4.31 Å². The van der Waals surface area contributed by atoms with Crippen LogP contribution in [0.25, 0.3) is 0 Å². The molecule has 1 fully saturated rings. The lowest BCUT2D eigenvalue weighted by Gasteiger charge is -2.30. The van der Waals surface area contributed by atoms with Crippen LogP contribution < -0.4 is 5.32 Å². The fourth-order valence-electron chi connectivity index (χ4n) is 3.21. The Morgan fingerprint density at radius 2 is 1.71 bits per heavy atom. The van der Waals surface area contributed by atoms with Crippen molar-refractivity contribution >= 4 is 44.8 Å². The fraction of sp³-hybridized carbons (Fsp3) is 0.350. The monoisotopic (exact) mass is 440 g/mol. The minimum absolute atomic E-state index is 0.160. The molecule has 0 bridgehead atoms. The standard InChI is InChI=1S/C20H22Cl2N2O3S/c1-13-3-5-17(11-14(13)2)28(26,27)24-9-7-15(8-10-24)20(25)23-19-6-4-16(21)12-18(19)22/h3-6,11-12,15H,7-10H2,1-2H3,(H,23,25). The van der Waals surface area contributed by atoms with Gasteiger partial charge in [0.05, 0.1) is 15.6 Å². The summed E-state index contributed by atoms with van der Waals surface area (Å²) in [5.74, 6) is -0.426. The van der Waals surface area contributed by atoms with E-state index in [1.165, 1.54) is 4.31 Å². The van der Waals surface area contributed by atoms with Crippen LogP contribution in [0.2, 0.25) is 10.0 Å². The van der Waals surface area contributed by atoms with Crippen LogP contribution in [0.4, 0.5) is 5.69 Å². The number of hydrogen-bond donors (Lipinski definition) is 1. The predicted molar refractivity (Wildman–Crippen MR) is 112 cm³/mol. The van der Waals surface area contributed by atoms with Crippen LogP contribution in [0.5, 0.6) is 0 Å². The molecule has 1 amide bonds. The van der Waals surface area contributed by atoms with Crippen molar-refractivity contribution < 1.29 is 13.2 Å². The molecule has 0 spiro atoms. The summed E-state index contributed by atoms with van der Waals surface area (Å²) in [5, 5.41) is 3.67. The van der Waals surface area contributed by atoms with Crippen LogP contribution in [0.15, 0.2) is 41.3 Å². The maximum atomic E-state index is 12.9. The van der Waals surface area contributed by atoms with Gasteiger partial charge in [-0.2, -0.15) is 4.31 Å². The van der Waals surface area contributed by atoms with Gasteiger partial charge in [0.1, 0.15) is 0 Å². The summed E-state index contributed by atoms with van der Waals surface area (Å²) in [7, 11) is -3.55. The zero-order chi connectivity index (χ0) is 20.5. The zero-order valence-electron chi connectivity index (χ0n) is 15.7. The molecule has 0 radical (unpaired) electrons. The Bertz CT molecular complexity index is 1000. The molecule has 28 heavy (non-hydrogen) atoms. The number of hydrogen-bond acceptors (Lipinski definition) is 3.